The first-order chi connectivity index (χ1) is 9.34. The maximum atomic E-state index is 12.2. The molecule has 5 N–H and O–H groups in total. The second kappa shape index (κ2) is 4.93. The number of ketones is 1. The molecule has 0 aromatic heterocycles. The normalized spacial score (nSPS) is 10.4. The van der Waals surface area contributed by atoms with Gasteiger partial charge < -0.3 is 25.5 Å². The largest absolute Gasteiger partial charge is 0.507 e. The summed E-state index contributed by atoms with van der Waals surface area (Å²) in [5.41, 5.74) is -0.802. The van der Waals surface area contributed by atoms with Crippen LogP contribution in [0.25, 0.3) is 0 Å². The highest BCUT2D eigenvalue weighted by molar-refractivity contribution is 9.10. The van der Waals surface area contributed by atoms with Gasteiger partial charge in [-0.15, -0.1) is 0 Å². The van der Waals surface area contributed by atoms with Gasteiger partial charge in [-0.2, -0.15) is 0 Å². The quantitative estimate of drug-likeness (QED) is 0.422. The lowest BCUT2D eigenvalue weighted by Crippen LogP contribution is -2.03. The first-order valence-electron chi connectivity index (χ1n) is 5.33. The standard InChI is InChI=1S/C13H9BrO6/c14-6-4-5(11(18)13(20)12(6)19)10(17)9-7(15)2-1-3-8(9)16/h1-4,15-16,18-20H. The molecule has 0 saturated heterocycles. The predicted molar refractivity (Wildman–Crippen MR) is 72.3 cm³/mol. The summed E-state index contributed by atoms with van der Waals surface area (Å²) >= 11 is 2.91. The number of rotatable bonds is 2. The van der Waals surface area contributed by atoms with Crippen molar-refractivity contribution in [3.63, 3.8) is 0 Å². The molecule has 104 valence electrons. The van der Waals surface area contributed by atoms with E-state index in [1.807, 2.05) is 0 Å². The van der Waals surface area contributed by atoms with Crippen LogP contribution in [0, 0.1) is 0 Å². The molecule has 6 nitrogen and oxygen atoms in total. The van der Waals surface area contributed by atoms with Gasteiger partial charge in [0.15, 0.2) is 11.5 Å². The molecule has 0 aliphatic carbocycles. The Morgan fingerprint density at radius 1 is 0.900 bits per heavy atom. The molecule has 0 unspecified atom stereocenters. The van der Waals surface area contributed by atoms with E-state index >= 15 is 0 Å². The van der Waals surface area contributed by atoms with Crippen LogP contribution in [0.4, 0.5) is 0 Å². The summed E-state index contributed by atoms with van der Waals surface area (Å²) in [5, 5.41) is 47.8. The van der Waals surface area contributed by atoms with E-state index in [9.17, 15) is 30.3 Å². The van der Waals surface area contributed by atoms with Crippen molar-refractivity contribution in [2.24, 2.45) is 0 Å². The Labute approximate surface area is 121 Å². The summed E-state index contributed by atoms with van der Waals surface area (Å²) in [6, 6.07) is 4.79. The molecule has 7 heteroatoms. The number of hydrogen-bond donors (Lipinski definition) is 5. The summed E-state index contributed by atoms with van der Waals surface area (Å²) in [7, 11) is 0. The van der Waals surface area contributed by atoms with Crippen molar-refractivity contribution in [2.75, 3.05) is 0 Å². The summed E-state index contributed by atoms with van der Waals surface area (Å²) in [5.74, 6) is -4.21. The number of halogens is 1. The second-order valence-electron chi connectivity index (χ2n) is 3.95. The molecule has 0 aliphatic rings. The molecule has 0 spiro atoms. The SMILES string of the molecule is O=C(c1cc(Br)c(O)c(O)c1O)c1c(O)cccc1O. The average molecular weight is 341 g/mol. The fourth-order valence-electron chi connectivity index (χ4n) is 1.68. The first-order valence-corrected chi connectivity index (χ1v) is 6.13. The van der Waals surface area contributed by atoms with E-state index in [1.54, 1.807) is 0 Å². The van der Waals surface area contributed by atoms with E-state index in [1.165, 1.54) is 18.2 Å². The smallest absolute Gasteiger partial charge is 0.204 e. The molecule has 0 bridgehead atoms. The van der Waals surface area contributed by atoms with Gasteiger partial charge in [0.05, 0.1) is 10.0 Å². The van der Waals surface area contributed by atoms with Crippen molar-refractivity contribution < 1.29 is 30.3 Å². The van der Waals surface area contributed by atoms with Crippen LogP contribution in [0.15, 0.2) is 28.7 Å². The van der Waals surface area contributed by atoms with Gasteiger partial charge in [0.25, 0.3) is 0 Å². The van der Waals surface area contributed by atoms with Crippen molar-refractivity contribution in [3.8, 4) is 28.7 Å². The molecule has 0 fully saturated rings. The zero-order chi connectivity index (χ0) is 15.0. The van der Waals surface area contributed by atoms with Crippen molar-refractivity contribution in [1.29, 1.82) is 0 Å². The third kappa shape index (κ3) is 2.12. The summed E-state index contributed by atoms with van der Waals surface area (Å²) in [6.45, 7) is 0. The third-order valence-corrected chi connectivity index (χ3v) is 3.30. The van der Waals surface area contributed by atoms with Gasteiger partial charge in [-0.05, 0) is 34.1 Å². The summed E-state index contributed by atoms with van der Waals surface area (Å²) < 4.78 is -0.0222. The minimum atomic E-state index is -0.908. The summed E-state index contributed by atoms with van der Waals surface area (Å²) in [4.78, 5) is 12.2. The van der Waals surface area contributed by atoms with Crippen molar-refractivity contribution in [2.45, 2.75) is 0 Å². The van der Waals surface area contributed by atoms with Gasteiger partial charge in [-0.25, -0.2) is 0 Å². The number of carbonyl (C=O) groups is 1. The van der Waals surface area contributed by atoms with E-state index in [0.717, 1.165) is 6.07 Å². The molecule has 0 saturated carbocycles. The summed E-state index contributed by atoms with van der Waals surface area (Å²) in [6.07, 6.45) is 0. The van der Waals surface area contributed by atoms with Crippen molar-refractivity contribution >= 4 is 21.7 Å². The lowest BCUT2D eigenvalue weighted by atomic mass is 10.00. The zero-order valence-electron chi connectivity index (χ0n) is 9.83. The van der Waals surface area contributed by atoms with E-state index in [-0.39, 0.29) is 10.0 Å². The Balaban J connectivity index is 2.66. The molecule has 2 rings (SSSR count). The lowest BCUT2D eigenvalue weighted by molar-refractivity contribution is 0.103. The molecule has 0 amide bonds. The van der Waals surface area contributed by atoms with E-state index < -0.39 is 40.1 Å². The molecular weight excluding hydrogens is 332 g/mol. The van der Waals surface area contributed by atoms with Gasteiger partial charge in [0.2, 0.25) is 11.5 Å². The fraction of sp³-hybridized carbons (Fsp3) is 0. The van der Waals surface area contributed by atoms with Gasteiger partial charge >= 0.3 is 0 Å². The Morgan fingerprint density at radius 3 is 2.00 bits per heavy atom. The molecule has 0 atom stereocenters. The minimum Gasteiger partial charge on any atom is -0.507 e. The Morgan fingerprint density at radius 2 is 1.45 bits per heavy atom. The fourth-order valence-corrected chi connectivity index (χ4v) is 2.10. The van der Waals surface area contributed by atoms with Crippen LogP contribution in [0.2, 0.25) is 0 Å². The number of aromatic hydroxyl groups is 5. The van der Waals surface area contributed by atoms with Crippen LogP contribution >= 0.6 is 15.9 Å². The number of phenolic OH excluding ortho intramolecular Hbond substituents is 5. The van der Waals surface area contributed by atoms with Crippen LogP contribution in [0.3, 0.4) is 0 Å². The molecule has 0 radical (unpaired) electrons. The molecule has 20 heavy (non-hydrogen) atoms. The zero-order valence-corrected chi connectivity index (χ0v) is 11.4. The second-order valence-corrected chi connectivity index (χ2v) is 4.81. The molecule has 0 aliphatic heterocycles. The number of carbonyl (C=O) groups excluding carboxylic acids is 1. The van der Waals surface area contributed by atoms with Crippen LogP contribution in [0.1, 0.15) is 15.9 Å². The maximum Gasteiger partial charge on any atom is 0.204 e. The van der Waals surface area contributed by atoms with Gasteiger partial charge in [-0.1, -0.05) is 6.07 Å². The monoisotopic (exact) mass is 340 g/mol. The minimum absolute atomic E-state index is 0.0222. The van der Waals surface area contributed by atoms with E-state index in [0.29, 0.717) is 0 Å². The first kappa shape index (κ1) is 14.0. The lowest BCUT2D eigenvalue weighted by Gasteiger charge is -2.10. The number of hydrogen-bond acceptors (Lipinski definition) is 6. The van der Waals surface area contributed by atoms with Crippen LogP contribution in [0.5, 0.6) is 28.7 Å². The Hall–Kier alpha value is -2.41. The number of phenols is 5. The van der Waals surface area contributed by atoms with Crippen LogP contribution < -0.4 is 0 Å². The highest BCUT2D eigenvalue weighted by Gasteiger charge is 2.25. The molecule has 0 heterocycles. The van der Waals surface area contributed by atoms with Crippen LogP contribution in [-0.4, -0.2) is 31.3 Å². The maximum absolute atomic E-state index is 12.2. The average Bonchev–Trinajstić information content (AvgIpc) is 2.40. The van der Waals surface area contributed by atoms with E-state index in [2.05, 4.69) is 15.9 Å². The van der Waals surface area contributed by atoms with Gasteiger partial charge in [0.1, 0.15) is 17.1 Å². The molecule has 2 aromatic rings. The van der Waals surface area contributed by atoms with Gasteiger partial charge in [0, 0.05) is 0 Å². The van der Waals surface area contributed by atoms with Crippen molar-refractivity contribution in [1.82, 2.24) is 0 Å². The third-order valence-electron chi connectivity index (χ3n) is 2.69. The molecule has 2 aromatic carbocycles. The Kier molecular flexibility index (Phi) is 3.46. The number of benzene rings is 2. The van der Waals surface area contributed by atoms with Gasteiger partial charge in [-0.3, -0.25) is 4.79 Å². The van der Waals surface area contributed by atoms with Crippen molar-refractivity contribution in [3.05, 3.63) is 39.9 Å². The highest BCUT2D eigenvalue weighted by atomic mass is 79.9. The molecular formula is C13H9BrO6. The topological polar surface area (TPSA) is 118 Å². The van der Waals surface area contributed by atoms with Crippen LogP contribution in [-0.2, 0) is 0 Å². The predicted octanol–water partition coefficient (Wildman–Crippen LogP) is 2.21. The highest BCUT2D eigenvalue weighted by Crippen LogP contribution is 2.44. The Bertz CT molecular complexity index is 690. The van der Waals surface area contributed by atoms with E-state index in [4.69, 9.17) is 0 Å².